The monoisotopic (exact) mass is 266 g/mol. The minimum absolute atomic E-state index is 0.0252. The van der Waals surface area contributed by atoms with Gasteiger partial charge in [-0.1, -0.05) is 24.4 Å². The van der Waals surface area contributed by atoms with E-state index in [1.807, 2.05) is 5.32 Å². The topological polar surface area (TPSA) is 101 Å². The molecule has 0 spiro atoms. The van der Waals surface area contributed by atoms with Crippen LogP contribution in [-0.2, 0) is 4.79 Å². The van der Waals surface area contributed by atoms with Crippen LogP contribution < -0.4 is 21.7 Å². The Morgan fingerprint density at radius 2 is 1.94 bits per heavy atom. The summed E-state index contributed by atoms with van der Waals surface area (Å²) in [7, 11) is 1.69. The summed E-state index contributed by atoms with van der Waals surface area (Å²) in [4.78, 5) is 23.8. The summed E-state index contributed by atoms with van der Waals surface area (Å²) in [5.74, 6) is -0.497. The van der Waals surface area contributed by atoms with Crippen LogP contribution in [0.1, 0.15) is 5.56 Å². The molecule has 1 aromatic rings. The van der Waals surface area contributed by atoms with Gasteiger partial charge in [0.15, 0.2) is 0 Å². The number of hydrogen-bond donors (Lipinski definition) is 3. The van der Waals surface area contributed by atoms with Crippen LogP contribution in [0.4, 0.5) is 10.5 Å². The van der Waals surface area contributed by atoms with Crippen LogP contribution in [0, 0.1) is 0 Å². The first kappa shape index (κ1) is 13.9. The minimum Gasteiger partial charge on any atom is -0.389 e. The highest BCUT2D eigenvalue weighted by molar-refractivity contribution is 7.80. The number of nitrogens with two attached hydrogens (primary N) is 2. The zero-order valence-electron chi connectivity index (χ0n) is 9.84. The Labute approximate surface area is 110 Å². The van der Waals surface area contributed by atoms with E-state index in [0.717, 1.165) is 0 Å². The van der Waals surface area contributed by atoms with Crippen molar-refractivity contribution >= 4 is 34.8 Å². The lowest BCUT2D eigenvalue weighted by Crippen LogP contribution is -2.41. The first-order chi connectivity index (χ1) is 8.41. The van der Waals surface area contributed by atoms with Crippen molar-refractivity contribution < 1.29 is 9.59 Å². The quantitative estimate of drug-likeness (QED) is 0.663. The largest absolute Gasteiger partial charge is 0.389 e. The number of nitrogens with one attached hydrogen (secondary N) is 1. The van der Waals surface area contributed by atoms with Gasteiger partial charge >= 0.3 is 6.03 Å². The number of primary amides is 1. The molecule has 96 valence electrons. The van der Waals surface area contributed by atoms with E-state index in [2.05, 4.69) is 0 Å². The molecule has 1 aromatic carbocycles. The smallest absolute Gasteiger partial charge is 0.318 e. The average Bonchev–Trinajstić information content (AvgIpc) is 2.27. The summed E-state index contributed by atoms with van der Waals surface area (Å²) >= 11 is 4.93. The summed E-state index contributed by atoms with van der Waals surface area (Å²) in [6.45, 7) is -0.0252. The Morgan fingerprint density at radius 3 is 2.50 bits per heavy atom. The Morgan fingerprint density at radius 1 is 1.33 bits per heavy atom. The van der Waals surface area contributed by atoms with Crippen molar-refractivity contribution in [3.63, 3.8) is 0 Å². The molecule has 7 heteroatoms. The van der Waals surface area contributed by atoms with Gasteiger partial charge in [-0.25, -0.2) is 4.79 Å². The van der Waals surface area contributed by atoms with Crippen molar-refractivity contribution in [2.45, 2.75) is 0 Å². The van der Waals surface area contributed by atoms with Crippen LogP contribution in [0.5, 0.6) is 0 Å². The summed E-state index contributed by atoms with van der Waals surface area (Å²) in [5.41, 5.74) is 11.8. The summed E-state index contributed by atoms with van der Waals surface area (Å²) in [6.07, 6.45) is 0. The van der Waals surface area contributed by atoms with E-state index in [1.54, 1.807) is 36.2 Å². The van der Waals surface area contributed by atoms with Gasteiger partial charge in [0.25, 0.3) is 0 Å². The maximum absolute atomic E-state index is 11.4. The number of carbonyl (C=O) groups excluding carboxylic acids is 2. The van der Waals surface area contributed by atoms with Gasteiger partial charge in [0.1, 0.15) is 4.99 Å². The molecule has 6 nitrogen and oxygen atoms in total. The number of imide groups is 1. The van der Waals surface area contributed by atoms with Gasteiger partial charge in [-0.3, -0.25) is 10.1 Å². The number of anilines is 1. The second-order valence-electron chi connectivity index (χ2n) is 3.65. The molecule has 0 aromatic heterocycles. The van der Waals surface area contributed by atoms with E-state index in [1.165, 1.54) is 0 Å². The molecular formula is C11H14N4O2S. The first-order valence-electron chi connectivity index (χ1n) is 5.11. The van der Waals surface area contributed by atoms with Crippen LogP contribution in [0.3, 0.4) is 0 Å². The molecule has 1 rings (SSSR count). The van der Waals surface area contributed by atoms with Crippen LogP contribution in [-0.4, -0.2) is 30.5 Å². The van der Waals surface area contributed by atoms with Gasteiger partial charge in [0.2, 0.25) is 5.91 Å². The van der Waals surface area contributed by atoms with E-state index >= 15 is 0 Å². The van der Waals surface area contributed by atoms with Crippen LogP contribution in [0.15, 0.2) is 24.3 Å². The van der Waals surface area contributed by atoms with E-state index in [0.29, 0.717) is 11.3 Å². The van der Waals surface area contributed by atoms with Gasteiger partial charge in [-0.15, -0.1) is 0 Å². The highest BCUT2D eigenvalue weighted by Crippen LogP contribution is 2.18. The minimum atomic E-state index is -0.879. The fraction of sp³-hybridized carbons (Fsp3) is 0.182. The second-order valence-corrected chi connectivity index (χ2v) is 4.09. The molecular weight excluding hydrogens is 252 g/mol. The van der Waals surface area contributed by atoms with Crippen molar-refractivity contribution in [3.05, 3.63) is 29.8 Å². The molecule has 0 fully saturated rings. The van der Waals surface area contributed by atoms with E-state index in [4.69, 9.17) is 23.7 Å². The molecule has 0 saturated carbocycles. The highest BCUT2D eigenvalue weighted by atomic mass is 32.1. The number of nitrogens with zero attached hydrogens (tertiary/aromatic N) is 1. The zero-order chi connectivity index (χ0) is 13.7. The number of amides is 3. The predicted octanol–water partition coefficient (Wildman–Crippen LogP) is -0.0481. The zero-order valence-corrected chi connectivity index (χ0v) is 10.7. The number of carbonyl (C=O) groups is 2. The summed E-state index contributed by atoms with van der Waals surface area (Å²) in [6, 6.07) is 6.28. The number of para-hydroxylation sites is 1. The Bertz CT molecular complexity index is 490. The number of urea groups is 1. The third kappa shape index (κ3) is 3.70. The molecule has 0 bridgehead atoms. The van der Waals surface area contributed by atoms with Crippen molar-refractivity contribution in [1.29, 1.82) is 0 Å². The van der Waals surface area contributed by atoms with Crippen molar-refractivity contribution in [2.24, 2.45) is 11.5 Å². The lowest BCUT2D eigenvalue weighted by atomic mass is 10.1. The number of thiocarbonyl (C=S) groups is 1. The first-order valence-corrected chi connectivity index (χ1v) is 5.52. The standard InChI is InChI=1S/C11H14N4O2S/c1-15(6-9(16)14-11(13)17)8-5-3-2-4-7(8)10(12)18/h2-5H,6H2,1H3,(H2,12,18)(H3,13,14,16,17). The van der Waals surface area contributed by atoms with Crippen molar-refractivity contribution in [1.82, 2.24) is 5.32 Å². The lowest BCUT2D eigenvalue weighted by Gasteiger charge is -2.21. The third-order valence-corrected chi connectivity index (χ3v) is 2.44. The lowest BCUT2D eigenvalue weighted by molar-refractivity contribution is -0.118. The van der Waals surface area contributed by atoms with Gasteiger partial charge < -0.3 is 16.4 Å². The Hall–Kier alpha value is -2.15. The molecule has 3 amide bonds. The maximum Gasteiger partial charge on any atom is 0.318 e. The molecule has 0 aliphatic heterocycles. The number of benzene rings is 1. The molecule has 0 unspecified atom stereocenters. The number of hydrogen-bond acceptors (Lipinski definition) is 4. The predicted molar refractivity (Wildman–Crippen MR) is 73.3 cm³/mol. The fourth-order valence-corrected chi connectivity index (χ4v) is 1.66. The van der Waals surface area contributed by atoms with Crippen LogP contribution in [0.25, 0.3) is 0 Å². The Kier molecular flexibility index (Phi) is 4.61. The number of rotatable bonds is 4. The summed E-state index contributed by atoms with van der Waals surface area (Å²) < 4.78 is 0. The fourth-order valence-electron chi connectivity index (χ4n) is 1.49. The maximum atomic E-state index is 11.4. The van der Waals surface area contributed by atoms with Gasteiger partial charge in [-0.05, 0) is 12.1 Å². The normalized spacial score (nSPS) is 9.61. The van der Waals surface area contributed by atoms with Crippen LogP contribution >= 0.6 is 12.2 Å². The van der Waals surface area contributed by atoms with E-state index in [-0.39, 0.29) is 11.5 Å². The van der Waals surface area contributed by atoms with Gasteiger partial charge in [0, 0.05) is 18.3 Å². The second kappa shape index (κ2) is 5.97. The van der Waals surface area contributed by atoms with E-state index in [9.17, 15) is 9.59 Å². The van der Waals surface area contributed by atoms with E-state index < -0.39 is 11.9 Å². The molecule has 0 atom stereocenters. The van der Waals surface area contributed by atoms with Crippen molar-refractivity contribution in [3.8, 4) is 0 Å². The van der Waals surface area contributed by atoms with Gasteiger partial charge in [-0.2, -0.15) is 0 Å². The molecule has 5 N–H and O–H groups in total. The third-order valence-electron chi connectivity index (χ3n) is 2.22. The van der Waals surface area contributed by atoms with Crippen molar-refractivity contribution in [2.75, 3.05) is 18.5 Å². The Balaban J connectivity index is 2.84. The average molecular weight is 266 g/mol. The number of likely N-dealkylation sites (N-methyl/N-ethyl adjacent to an activating group) is 1. The molecule has 18 heavy (non-hydrogen) atoms. The van der Waals surface area contributed by atoms with Gasteiger partial charge in [0.05, 0.1) is 6.54 Å². The summed E-state index contributed by atoms with van der Waals surface area (Å²) in [5, 5.41) is 1.99. The van der Waals surface area contributed by atoms with Crippen LogP contribution in [0.2, 0.25) is 0 Å². The molecule has 0 saturated heterocycles. The SMILES string of the molecule is CN(CC(=O)NC(N)=O)c1ccccc1C(N)=S. The highest BCUT2D eigenvalue weighted by Gasteiger charge is 2.12. The molecule has 0 aliphatic carbocycles. The molecule has 0 heterocycles. The molecule has 0 radical (unpaired) electrons. The molecule has 0 aliphatic rings.